The molecule has 0 heterocycles. The third kappa shape index (κ3) is 6.46. The summed E-state index contributed by atoms with van der Waals surface area (Å²) in [5.74, 6) is -3.70. The summed E-state index contributed by atoms with van der Waals surface area (Å²) in [5.41, 5.74) is -3.69. The number of carbonyl (C=O) groups is 2. The Kier molecular flexibility index (Phi) is 7.99. The SMILES string of the molecule is COc1ccc(C(=O)Oc2ccc(-c3ccc(F)cc3F)cc2C(=O)Nc2ccc([N+](=O)[O-])c(C(F)(F)F)c2)cc1. The van der Waals surface area contributed by atoms with Gasteiger partial charge in [-0.25, -0.2) is 13.6 Å². The molecule has 0 saturated carbocycles. The topological polar surface area (TPSA) is 108 Å². The van der Waals surface area contributed by atoms with E-state index in [0.717, 1.165) is 30.3 Å². The Morgan fingerprint density at radius 1 is 0.902 bits per heavy atom. The normalized spacial score (nSPS) is 11.1. The molecule has 13 heteroatoms. The zero-order valence-corrected chi connectivity index (χ0v) is 20.8. The van der Waals surface area contributed by atoms with E-state index in [0.29, 0.717) is 23.9 Å². The number of ether oxygens (including phenoxy) is 2. The predicted molar refractivity (Wildman–Crippen MR) is 136 cm³/mol. The van der Waals surface area contributed by atoms with Gasteiger partial charge in [-0.1, -0.05) is 6.07 Å². The van der Waals surface area contributed by atoms with Crippen LogP contribution in [0, 0.1) is 21.7 Å². The summed E-state index contributed by atoms with van der Waals surface area (Å²) < 4.78 is 78.6. The van der Waals surface area contributed by atoms with Gasteiger partial charge < -0.3 is 14.8 Å². The molecule has 0 aliphatic carbocycles. The van der Waals surface area contributed by atoms with Crippen LogP contribution >= 0.6 is 0 Å². The molecule has 0 fully saturated rings. The molecular formula is C28H17F5N2O6. The van der Waals surface area contributed by atoms with Gasteiger partial charge in [0.1, 0.15) is 28.7 Å². The summed E-state index contributed by atoms with van der Waals surface area (Å²) >= 11 is 0. The minimum atomic E-state index is -5.11. The van der Waals surface area contributed by atoms with Crippen molar-refractivity contribution in [1.82, 2.24) is 0 Å². The number of nitro benzene ring substituents is 1. The van der Waals surface area contributed by atoms with Gasteiger partial charge in [-0.15, -0.1) is 0 Å². The van der Waals surface area contributed by atoms with Crippen molar-refractivity contribution < 1.29 is 45.9 Å². The van der Waals surface area contributed by atoms with Gasteiger partial charge in [-0.2, -0.15) is 13.2 Å². The minimum Gasteiger partial charge on any atom is -0.497 e. The Hall–Kier alpha value is -5.33. The maximum atomic E-state index is 14.5. The average Bonchev–Trinajstić information content (AvgIpc) is 2.92. The summed E-state index contributed by atoms with van der Waals surface area (Å²) in [7, 11) is 1.42. The summed E-state index contributed by atoms with van der Waals surface area (Å²) in [5, 5.41) is 13.2. The maximum Gasteiger partial charge on any atom is 0.423 e. The Morgan fingerprint density at radius 3 is 2.22 bits per heavy atom. The summed E-state index contributed by atoms with van der Waals surface area (Å²) in [6, 6.07) is 13.8. The fourth-order valence-corrected chi connectivity index (χ4v) is 3.77. The summed E-state index contributed by atoms with van der Waals surface area (Å²) in [6.07, 6.45) is -5.11. The first-order chi connectivity index (χ1) is 19.4. The quantitative estimate of drug-likeness (QED) is 0.0837. The second kappa shape index (κ2) is 11.4. The number of nitro groups is 1. The fourth-order valence-electron chi connectivity index (χ4n) is 3.77. The standard InChI is InChI=1S/C28H17F5N2O6/c1-40-19-7-2-15(3-8-19)27(37)41-25-11-4-16(20-9-5-17(29)13-23(20)30)12-21(25)26(36)34-18-6-10-24(35(38)39)22(14-18)28(31,32)33/h2-14H,1H3,(H,34,36). The van der Waals surface area contributed by atoms with E-state index in [1.807, 2.05) is 0 Å². The largest absolute Gasteiger partial charge is 0.497 e. The number of rotatable bonds is 7. The first kappa shape index (κ1) is 28.7. The average molecular weight is 572 g/mol. The number of halogens is 5. The van der Waals surface area contributed by atoms with Crippen LogP contribution in [0.25, 0.3) is 11.1 Å². The molecule has 0 saturated heterocycles. The predicted octanol–water partition coefficient (Wildman–Crippen LogP) is 7.04. The highest BCUT2D eigenvalue weighted by Gasteiger charge is 2.38. The summed E-state index contributed by atoms with van der Waals surface area (Å²) in [6.45, 7) is 0. The van der Waals surface area contributed by atoms with Gasteiger partial charge in [-0.3, -0.25) is 14.9 Å². The van der Waals surface area contributed by atoms with Crippen LogP contribution in [0.5, 0.6) is 11.5 Å². The van der Waals surface area contributed by atoms with E-state index in [9.17, 15) is 41.7 Å². The van der Waals surface area contributed by atoms with Crippen molar-refractivity contribution in [2.75, 3.05) is 12.4 Å². The van der Waals surface area contributed by atoms with E-state index in [2.05, 4.69) is 5.32 Å². The van der Waals surface area contributed by atoms with Gasteiger partial charge in [0.05, 0.1) is 23.2 Å². The van der Waals surface area contributed by atoms with Gasteiger partial charge in [0.2, 0.25) is 0 Å². The monoisotopic (exact) mass is 572 g/mol. The number of nitrogens with one attached hydrogen (secondary N) is 1. The molecule has 0 spiro atoms. The number of alkyl halides is 3. The van der Waals surface area contributed by atoms with Crippen molar-refractivity contribution in [3.63, 3.8) is 0 Å². The van der Waals surface area contributed by atoms with Crippen LogP contribution in [0.15, 0.2) is 78.9 Å². The molecule has 0 bridgehead atoms. The molecule has 41 heavy (non-hydrogen) atoms. The molecule has 0 atom stereocenters. The van der Waals surface area contributed by atoms with Crippen molar-refractivity contribution in [3.05, 3.63) is 117 Å². The molecule has 0 aromatic heterocycles. The highest BCUT2D eigenvalue weighted by molar-refractivity contribution is 6.08. The van der Waals surface area contributed by atoms with Crippen molar-refractivity contribution >= 4 is 23.3 Å². The molecule has 1 amide bonds. The van der Waals surface area contributed by atoms with Crippen molar-refractivity contribution in [2.45, 2.75) is 6.18 Å². The minimum absolute atomic E-state index is 0.0524. The maximum absolute atomic E-state index is 14.5. The lowest BCUT2D eigenvalue weighted by Gasteiger charge is -2.14. The zero-order valence-electron chi connectivity index (χ0n) is 20.8. The van der Waals surface area contributed by atoms with Crippen molar-refractivity contribution in [1.29, 1.82) is 0 Å². The molecule has 0 radical (unpaired) electrons. The van der Waals surface area contributed by atoms with E-state index < -0.39 is 57.1 Å². The van der Waals surface area contributed by atoms with Gasteiger partial charge in [-0.05, 0) is 66.2 Å². The number of esters is 1. The number of hydrogen-bond donors (Lipinski definition) is 1. The van der Waals surface area contributed by atoms with E-state index >= 15 is 0 Å². The molecule has 4 aromatic carbocycles. The first-order valence-corrected chi connectivity index (χ1v) is 11.5. The van der Waals surface area contributed by atoms with Crippen molar-refractivity contribution in [3.8, 4) is 22.6 Å². The van der Waals surface area contributed by atoms with Crippen LogP contribution in [0.3, 0.4) is 0 Å². The molecule has 4 rings (SSSR count). The summed E-state index contributed by atoms with van der Waals surface area (Å²) in [4.78, 5) is 35.9. The lowest BCUT2D eigenvalue weighted by Crippen LogP contribution is -2.17. The number of benzene rings is 4. The van der Waals surface area contributed by atoms with E-state index in [4.69, 9.17) is 9.47 Å². The van der Waals surface area contributed by atoms with Gasteiger partial charge in [0.15, 0.2) is 0 Å². The van der Waals surface area contributed by atoms with Crippen LogP contribution in [-0.4, -0.2) is 23.9 Å². The van der Waals surface area contributed by atoms with Gasteiger partial charge in [0, 0.05) is 23.4 Å². The number of amides is 1. The third-order valence-electron chi connectivity index (χ3n) is 5.75. The second-order valence-corrected chi connectivity index (χ2v) is 8.39. The molecule has 0 aliphatic rings. The fraction of sp³-hybridized carbons (Fsp3) is 0.0714. The number of methoxy groups -OCH3 is 1. The molecule has 8 nitrogen and oxygen atoms in total. The van der Waals surface area contributed by atoms with Crippen LogP contribution in [0.4, 0.5) is 33.3 Å². The molecule has 1 N–H and O–H groups in total. The smallest absolute Gasteiger partial charge is 0.423 e. The number of carbonyl (C=O) groups excluding carboxylic acids is 2. The van der Waals surface area contributed by atoms with Gasteiger partial charge in [0.25, 0.3) is 11.6 Å². The highest BCUT2D eigenvalue weighted by Crippen LogP contribution is 2.38. The molecule has 0 unspecified atom stereocenters. The van der Waals surface area contributed by atoms with Crippen LogP contribution in [-0.2, 0) is 6.18 Å². The Balaban J connectivity index is 1.74. The lowest BCUT2D eigenvalue weighted by atomic mass is 10.0. The van der Waals surface area contributed by atoms with E-state index in [1.165, 1.54) is 37.4 Å². The molecule has 210 valence electrons. The Morgan fingerprint density at radius 2 is 1.61 bits per heavy atom. The first-order valence-electron chi connectivity index (χ1n) is 11.5. The van der Waals surface area contributed by atoms with Crippen LogP contribution in [0.2, 0.25) is 0 Å². The van der Waals surface area contributed by atoms with Gasteiger partial charge >= 0.3 is 12.1 Å². The zero-order chi connectivity index (χ0) is 29.9. The molecular weight excluding hydrogens is 555 g/mol. The second-order valence-electron chi connectivity index (χ2n) is 8.39. The third-order valence-corrected chi connectivity index (χ3v) is 5.75. The lowest BCUT2D eigenvalue weighted by molar-refractivity contribution is -0.388. The van der Waals surface area contributed by atoms with Crippen molar-refractivity contribution in [2.24, 2.45) is 0 Å². The van der Waals surface area contributed by atoms with E-state index in [1.54, 1.807) is 0 Å². The number of nitrogens with zero attached hydrogens (tertiary/aromatic N) is 1. The molecule has 0 aliphatic heterocycles. The molecule has 4 aromatic rings. The van der Waals surface area contributed by atoms with E-state index in [-0.39, 0.29) is 22.4 Å². The van der Waals surface area contributed by atoms with Crippen LogP contribution < -0.4 is 14.8 Å². The Bertz CT molecular complexity index is 1660. The highest BCUT2D eigenvalue weighted by atomic mass is 19.4. The van der Waals surface area contributed by atoms with Crippen LogP contribution in [0.1, 0.15) is 26.3 Å². The Labute approximate surface area is 228 Å². The number of hydrogen-bond acceptors (Lipinski definition) is 6. The number of anilines is 1.